The molecule has 1 heterocycles. The molecule has 3 nitrogen and oxygen atoms in total. The van der Waals surface area contributed by atoms with Gasteiger partial charge >= 0.3 is 0 Å². The Bertz CT molecular complexity index is 389. The van der Waals surface area contributed by atoms with E-state index in [1.165, 1.54) is 38.0 Å². The first kappa shape index (κ1) is 13.7. The first-order valence-corrected chi connectivity index (χ1v) is 6.98. The Hall–Kier alpha value is -0.770. The molecule has 2 rings (SSSR count). The molecule has 2 N–H and O–H groups in total. The van der Waals surface area contributed by atoms with Gasteiger partial charge in [-0.3, -0.25) is 0 Å². The number of likely N-dealkylation sites (tertiary alicyclic amines) is 1. The third kappa shape index (κ3) is 3.87. The highest BCUT2D eigenvalue weighted by atomic mass is 35.5. The van der Waals surface area contributed by atoms with Gasteiger partial charge in [0.2, 0.25) is 0 Å². The van der Waals surface area contributed by atoms with Crippen molar-refractivity contribution < 1.29 is 0 Å². The quantitative estimate of drug-likeness (QED) is 0.832. The number of anilines is 1. The Kier molecular flexibility index (Phi) is 4.87. The highest BCUT2D eigenvalue weighted by molar-refractivity contribution is 6.33. The monoisotopic (exact) mass is 267 g/mol. The molecule has 4 heteroatoms. The number of nitrogen functional groups attached to an aromatic ring is 1. The van der Waals surface area contributed by atoms with E-state index in [-0.39, 0.29) is 0 Å². The molecule has 0 atom stereocenters. The molecule has 0 aliphatic carbocycles. The van der Waals surface area contributed by atoms with Crippen molar-refractivity contribution in [1.29, 1.82) is 0 Å². The first-order valence-electron chi connectivity index (χ1n) is 6.60. The Morgan fingerprint density at radius 3 is 2.72 bits per heavy atom. The lowest BCUT2D eigenvalue weighted by Gasteiger charge is -2.21. The minimum Gasteiger partial charge on any atom is -0.398 e. The maximum absolute atomic E-state index is 6.03. The summed E-state index contributed by atoms with van der Waals surface area (Å²) >= 11 is 6.03. The molecule has 1 aromatic rings. The van der Waals surface area contributed by atoms with Gasteiger partial charge in [0.25, 0.3) is 0 Å². The molecule has 0 amide bonds. The molecular formula is C14H22ClN3. The highest BCUT2D eigenvalue weighted by Gasteiger charge is 2.11. The van der Waals surface area contributed by atoms with Gasteiger partial charge in [0, 0.05) is 19.6 Å². The molecule has 0 radical (unpaired) electrons. The number of rotatable bonds is 5. The highest BCUT2D eigenvalue weighted by Crippen LogP contribution is 2.20. The van der Waals surface area contributed by atoms with Gasteiger partial charge in [-0.25, -0.2) is 0 Å². The Morgan fingerprint density at radius 1 is 1.33 bits per heavy atom. The number of benzene rings is 1. The largest absolute Gasteiger partial charge is 0.398 e. The summed E-state index contributed by atoms with van der Waals surface area (Å²) in [7, 11) is 2.15. The molecule has 0 aromatic heterocycles. The van der Waals surface area contributed by atoms with E-state index in [0.717, 1.165) is 13.1 Å². The van der Waals surface area contributed by atoms with Crippen LogP contribution in [0.2, 0.25) is 5.02 Å². The number of nitrogens with zero attached hydrogens (tertiary/aromatic N) is 2. The summed E-state index contributed by atoms with van der Waals surface area (Å²) < 4.78 is 0. The lowest BCUT2D eigenvalue weighted by Crippen LogP contribution is -2.31. The van der Waals surface area contributed by atoms with Gasteiger partial charge in [-0.05, 0) is 50.7 Å². The lowest BCUT2D eigenvalue weighted by molar-refractivity contribution is 0.252. The molecule has 1 fully saturated rings. The van der Waals surface area contributed by atoms with Gasteiger partial charge in [-0.15, -0.1) is 0 Å². The van der Waals surface area contributed by atoms with E-state index < -0.39 is 0 Å². The van der Waals surface area contributed by atoms with Crippen LogP contribution in [0.15, 0.2) is 18.2 Å². The predicted octanol–water partition coefficient (Wildman–Crippen LogP) is 2.45. The standard InChI is InChI=1S/C14H22ClN3/c1-17(8-9-18-6-2-3-7-18)11-12-4-5-14(16)13(15)10-12/h4-5,10H,2-3,6-9,11,16H2,1H3. The second-order valence-electron chi connectivity index (χ2n) is 5.14. The zero-order chi connectivity index (χ0) is 13.0. The molecule has 0 unspecified atom stereocenters. The molecule has 1 saturated heterocycles. The van der Waals surface area contributed by atoms with Crippen LogP contribution >= 0.6 is 11.6 Å². The summed E-state index contributed by atoms with van der Waals surface area (Å²) in [6, 6.07) is 5.89. The van der Waals surface area contributed by atoms with Crippen LogP contribution < -0.4 is 5.73 Å². The van der Waals surface area contributed by atoms with E-state index >= 15 is 0 Å². The van der Waals surface area contributed by atoms with Crippen LogP contribution in [0.4, 0.5) is 5.69 Å². The van der Waals surface area contributed by atoms with Crippen LogP contribution in [-0.4, -0.2) is 43.0 Å². The number of hydrogen-bond donors (Lipinski definition) is 1. The number of likely N-dealkylation sites (N-methyl/N-ethyl adjacent to an activating group) is 1. The molecule has 1 aliphatic heterocycles. The molecule has 100 valence electrons. The van der Waals surface area contributed by atoms with Gasteiger partial charge < -0.3 is 15.5 Å². The fourth-order valence-corrected chi connectivity index (χ4v) is 2.58. The minimum atomic E-state index is 0.653. The fourth-order valence-electron chi connectivity index (χ4n) is 2.38. The minimum absolute atomic E-state index is 0.653. The summed E-state index contributed by atoms with van der Waals surface area (Å²) in [5, 5.41) is 0.653. The molecular weight excluding hydrogens is 246 g/mol. The van der Waals surface area contributed by atoms with Gasteiger partial charge in [-0.1, -0.05) is 17.7 Å². The maximum atomic E-state index is 6.03. The summed E-state index contributed by atoms with van der Waals surface area (Å²) in [5.74, 6) is 0. The summed E-state index contributed by atoms with van der Waals surface area (Å²) in [5.41, 5.74) is 7.58. The van der Waals surface area contributed by atoms with E-state index in [4.69, 9.17) is 17.3 Å². The van der Waals surface area contributed by atoms with Crippen molar-refractivity contribution >= 4 is 17.3 Å². The van der Waals surface area contributed by atoms with Crippen molar-refractivity contribution in [3.63, 3.8) is 0 Å². The lowest BCUT2D eigenvalue weighted by atomic mass is 10.2. The van der Waals surface area contributed by atoms with Crippen molar-refractivity contribution in [3.8, 4) is 0 Å². The van der Waals surface area contributed by atoms with E-state index in [1.54, 1.807) is 0 Å². The SMILES string of the molecule is CN(CCN1CCCC1)Cc1ccc(N)c(Cl)c1. The zero-order valence-corrected chi connectivity index (χ0v) is 11.8. The number of halogens is 1. The average Bonchev–Trinajstić information content (AvgIpc) is 2.84. The topological polar surface area (TPSA) is 32.5 Å². The molecule has 1 aromatic carbocycles. The van der Waals surface area contributed by atoms with Crippen LogP contribution in [0.5, 0.6) is 0 Å². The van der Waals surface area contributed by atoms with Gasteiger partial charge in [-0.2, -0.15) is 0 Å². The first-order chi connectivity index (χ1) is 8.65. The summed E-state index contributed by atoms with van der Waals surface area (Å²) in [6.07, 6.45) is 2.72. The molecule has 0 bridgehead atoms. The van der Waals surface area contributed by atoms with Gasteiger partial charge in [0.1, 0.15) is 0 Å². The van der Waals surface area contributed by atoms with Crippen molar-refractivity contribution in [1.82, 2.24) is 9.80 Å². The third-order valence-electron chi connectivity index (χ3n) is 3.51. The van der Waals surface area contributed by atoms with Crippen LogP contribution in [0.25, 0.3) is 0 Å². The molecule has 0 spiro atoms. The predicted molar refractivity (Wildman–Crippen MR) is 77.9 cm³/mol. The van der Waals surface area contributed by atoms with Crippen molar-refractivity contribution in [2.45, 2.75) is 19.4 Å². The third-order valence-corrected chi connectivity index (χ3v) is 3.84. The molecule has 18 heavy (non-hydrogen) atoms. The van der Waals surface area contributed by atoms with Crippen LogP contribution in [0, 0.1) is 0 Å². The molecule has 0 saturated carbocycles. The zero-order valence-electron chi connectivity index (χ0n) is 11.0. The maximum Gasteiger partial charge on any atom is 0.0638 e. The number of nitrogens with two attached hydrogens (primary N) is 1. The van der Waals surface area contributed by atoms with E-state index in [1.807, 2.05) is 18.2 Å². The summed E-state index contributed by atoms with van der Waals surface area (Å²) in [4.78, 5) is 4.87. The van der Waals surface area contributed by atoms with Crippen LogP contribution in [-0.2, 0) is 6.54 Å². The van der Waals surface area contributed by atoms with Crippen molar-refractivity contribution in [2.75, 3.05) is 39.0 Å². The Morgan fingerprint density at radius 2 is 2.06 bits per heavy atom. The Labute approximate surface area is 115 Å². The molecule has 1 aliphatic rings. The Balaban J connectivity index is 1.78. The van der Waals surface area contributed by atoms with Crippen molar-refractivity contribution in [2.24, 2.45) is 0 Å². The van der Waals surface area contributed by atoms with Gasteiger partial charge in [0.15, 0.2) is 0 Å². The van der Waals surface area contributed by atoms with Crippen LogP contribution in [0.1, 0.15) is 18.4 Å². The van der Waals surface area contributed by atoms with E-state index in [9.17, 15) is 0 Å². The second-order valence-corrected chi connectivity index (χ2v) is 5.55. The summed E-state index contributed by atoms with van der Waals surface area (Å²) in [6.45, 7) is 5.72. The second kappa shape index (κ2) is 6.41. The van der Waals surface area contributed by atoms with Crippen LogP contribution in [0.3, 0.4) is 0 Å². The number of hydrogen-bond acceptors (Lipinski definition) is 3. The van der Waals surface area contributed by atoms with E-state index in [0.29, 0.717) is 10.7 Å². The normalized spacial score (nSPS) is 16.6. The fraction of sp³-hybridized carbons (Fsp3) is 0.571. The smallest absolute Gasteiger partial charge is 0.0638 e. The van der Waals surface area contributed by atoms with Crippen molar-refractivity contribution in [3.05, 3.63) is 28.8 Å². The average molecular weight is 268 g/mol. The van der Waals surface area contributed by atoms with Gasteiger partial charge in [0.05, 0.1) is 10.7 Å². The van der Waals surface area contributed by atoms with E-state index in [2.05, 4.69) is 16.8 Å².